The smallest absolute Gasteiger partial charge is 0.0453 e. The number of aromatic nitrogens is 1. The van der Waals surface area contributed by atoms with E-state index in [9.17, 15) is 0 Å². The molecule has 0 saturated heterocycles. The van der Waals surface area contributed by atoms with Crippen LogP contribution in [0.2, 0.25) is 0 Å². The Kier molecular flexibility index (Phi) is 2.18. The predicted octanol–water partition coefficient (Wildman–Crippen LogP) is 1.79. The summed E-state index contributed by atoms with van der Waals surface area (Å²) in [5.41, 5.74) is 1.21. The molecule has 10 heavy (non-hydrogen) atoms. The number of hydrogen-bond donors (Lipinski definition) is 1. The molecule has 1 aromatic heterocycles. The summed E-state index contributed by atoms with van der Waals surface area (Å²) in [7, 11) is 0. The number of para-hydroxylation sites is 1. The van der Waals surface area contributed by atoms with Gasteiger partial charge in [-0.3, -0.25) is 0 Å². The van der Waals surface area contributed by atoms with Gasteiger partial charge in [-0.05, 0) is 17.5 Å². The Morgan fingerprint density at radius 2 is 1.80 bits per heavy atom. The average molecular weight is 192 g/mol. The van der Waals surface area contributed by atoms with Crippen LogP contribution in [0.25, 0.3) is 10.9 Å². The van der Waals surface area contributed by atoms with Crippen molar-refractivity contribution in [2.75, 3.05) is 0 Å². The van der Waals surface area contributed by atoms with Crippen molar-refractivity contribution in [2.24, 2.45) is 0 Å². The van der Waals surface area contributed by atoms with Crippen molar-refractivity contribution in [2.45, 2.75) is 0 Å². The van der Waals surface area contributed by atoms with Gasteiger partial charge in [0.25, 0.3) is 0 Å². The average Bonchev–Trinajstić information content (AvgIpc) is 2.33. The minimum atomic E-state index is 0. The number of fused-ring (bicyclic) bond motifs is 1. The maximum Gasteiger partial charge on any atom is 0.0453 e. The van der Waals surface area contributed by atoms with Crippen LogP contribution in [0.1, 0.15) is 0 Å². The van der Waals surface area contributed by atoms with Crippen LogP contribution >= 0.6 is 0 Å². The number of benzene rings is 1. The second-order valence-electron chi connectivity index (χ2n) is 2.06. The van der Waals surface area contributed by atoms with Crippen LogP contribution in [-0.4, -0.2) is 22.9 Å². The third kappa shape index (κ3) is 1.10. The van der Waals surface area contributed by atoms with E-state index in [-0.39, 0.29) is 18.0 Å². The molecule has 0 saturated carbocycles. The van der Waals surface area contributed by atoms with E-state index in [0.29, 0.717) is 0 Å². The van der Waals surface area contributed by atoms with Crippen molar-refractivity contribution in [1.82, 2.24) is 4.98 Å². The van der Waals surface area contributed by atoms with Gasteiger partial charge in [-0.2, -0.15) is 0 Å². The van der Waals surface area contributed by atoms with Gasteiger partial charge < -0.3 is 4.98 Å². The molecular weight excluding hydrogens is 185 g/mol. The van der Waals surface area contributed by atoms with E-state index in [1.54, 1.807) is 0 Å². The van der Waals surface area contributed by atoms with Gasteiger partial charge >= 0.3 is 0 Å². The molecule has 1 N–H and O–H groups in total. The Morgan fingerprint density at radius 1 is 1.00 bits per heavy atom. The molecule has 3 radical (unpaired) electrons. The molecule has 0 fully saturated rings. The van der Waals surface area contributed by atoms with Crippen molar-refractivity contribution in [3.63, 3.8) is 0 Å². The van der Waals surface area contributed by atoms with Crippen LogP contribution in [0.3, 0.4) is 0 Å². The zero-order chi connectivity index (χ0) is 6.10. The van der Waals surface area contributed by atoms with Gasteiger partial charge in [0, 0.05) is 29.7 Å². The van der Waals surface area contributed by atoms with Gasteiger partial charge in [0.1, 0.15) is 0 Å². The zero-order valence-electron chi connectivity index (χ0n) is 5.41. The molecule has 1 heterocycles. The summed E-state index contributed by atoms with van der Waals surface area (Å²) in [6.07, 6.45) is 1.95. The topological polar surface area (TPSA) is 15.8 Å². The largest absolute Gasteiger partial charge is 0.361 e. The van der Waals surface area contributed by atoms with Gasteiger partial charge in [-0.25, -0.2) is 0 Å². The summed E-state index contributed by atoms with van der Waals surface area (Å²) in [5.74, 6) is 0. The van der Waals surface area contributed by atoms with E-state index in [0.717, 1.165) is 0 Å². The van der Waals surface area contributed by atoms with E-state index in [1.807, 2.05) is 18.3 Å². The van der Waals surface area contributed by atoms with Gasteiger partial charge in [-0.1, -0.05) is 18.2 Å². The van der Waals surface area contributed by atoms with Gasteiger partial charge in [-0.15, -0.1) is 0 Å². The first-order valence-electron chi connectivity index (χ1n) is 2.99. The molecule has 0 atom stereocenters. The Hall–Kier alpha value is -0.682. The number of nitrogens with one attached hydrogen (secondary N) is 1. The Bertz CT molecular complexity index is 283. The van der Waals surface area contributed by atoms with E-state index >= 15 is 0 Å². The summed E-state index contributed by atoms with van der Waals surface area (Å²) in [4.78, 5) is 3.12. The van der Waals surface area contributed by atoms with E-state index in [2.05, 4.69) is 23.2 Å². The van der Waals surface area contributed by atoms with Crippen molar-refractivity contribution < 1.29 is 0 Å². The molecule has 0 aliphatic rings. The molecule has 0 amide bonds. The number of H-pyrrole nitrogens is 1. The molecule has 0 aliphatic heterocycles. The maximum absolute atomic E-state index is 3.12. The summed E-state index contributed by atoms with van der Waals surface area (Å²) in [6, 6.07) is 10.3. The van der Waals surface area contributed by atoms with Crippen molar-refractivity contribution in [1.29, 1.82) is 0 Å². The Balaban J connectivity index is 0.000000500. The molecule has 0 aliphatic carbocycles. The van der Waals surface area contributed by atoms with Crippen LogP contribution in [-0.2, 0) is 0 Å². The molecular formula is C8H7AsN. The summed E-state index contributed by atoms with van der Waals surface area (Å²) >= 11 is 0. The maximum atomic E-state index is 3.12. The zero-order valence-corrected chi connectivity index (χ0v) is 7.29. The van der Waals surface area contributed by atoms with Crippen LogP contribution in [0, 0.1) is 0 Å². The second-order valence-corrected chi connectivity index (χ2v) is 2.06. The normalized spacial score (nSPS) is 9.20. The van der Waals surface area contributed by atoms with Gasteiger partial charge in [0.2, 0.25) is 0 Å². The first-order chi connectivity index (χ1) is 4.47. The third-order valence-electron chi connectivity index (χ3n) is 1.46. The third-order valence-corrected chi connectivity index (χ3v) is 1.46. The van der Waals surface area contributed by atoms with Crippen LogP contribution in [0.5, 0.6) is 0 Å². The fourth-order valence-corrected chi connectivity index (χ4v) is 0.995. The molecule has 1 nitrogen and oxygen atoms in total. The fourth-order valence-electron chi connectivity index (χ4n) is 0.995. The standard InChI is InChI=1S/C8H7N.As/c1-2-4-8-7(3-1)5-6-9-8;/h1-6,9H;. The van der Waals surface area contributed by atoms with Gasteiger partial charge in [0.05, 0.1) is 0 Å². The van der Waals surface area contributed by atoms with Crippen LogP contribution in [0.4, 0.5) is 0 Å². The van der Waals surface area contributed by atoms with Gasteiger partial charge in [0.15, 0.2) is 0 Å². The van der Waals surface area contributed by atoms with Crippen molar-refractivity contribution >= 4 is 28.9 Å². The van der Waals surface area contributed by atoms with Crippen LogP contribution in [0.15, 0.2) is 36.5 Å². The fraction of sp³-hybridized carbons (Fsp3) is 0. The van der Waals surface area contributed by atoms with Crippen molar-refractivity contribution in [3.8, 4) is 0 Å². The summed E-state index contributed by atoms with van der Waals surface area (Å²) < 4.78 is 0. The second kappa shape index (κ2) is 2.94. The predicted molar refractivity (Wildman–Crippen MR) is 44.1 cm³/mol. The Morgan fingerprint density at radius 3 is 2.60 bits per heavy atom. The molecule has 49 valence electrons. The molecule has 0 bridgehead atoms. The number of aromatic amines is 1. The number of rotatable bonds is 0. The van der Waals surface area contributed by atoms with E-state index in [1.165, 1.54) is 10.9 Å². The van der Waals surface area contributed by atoms with E-state index in [4.69, 9.17) is 0 Å². The summed E-state index contributed by atoms with van der Waals surface area (Å²) in [5, 5.41) is 1.28. The van der Waals surface area contributed by atoms with Crippen molar-refractivity contribution in [3.05, 3.63) is 36.5 Å². The number of hydrogen-bond acceptors (Lipinski definition) is 0. The molecule has 0 spiro atoms. The molecule has 2 heteroatoms. The summed E-state index contributed by atoms with van der Waals surface area (Å²) in [6.45, 7) is 0. The first kappa shape index (κ1) is 7.43. The monoisotopic (exact) mass is 192 g/mol. The first-order valence-corrected chi connectivity index (χ1v) is 2.99. The quantitative estimate of drug-likeness (QED) is 0.612. The minimum absolute atomic E-state index is 0. The Labute approximate surface area is 70.8 Å². The molecule has 2 rings (SSSR count). The van der Waals surface area contributed by atoms with E-state index < -0.39 is 0 Å². The molecule has 2 aromatic rings. The molecule has 1 aromatic carbocycles. The SMILES string of the molecule is [As].c1ccc2[nH]ccc2c1. The minimum Gasteiger partial charge on any atom is -0.361 e. The van der Waals surface area contributed by atoms with Crippen LogP contribution < -0.4 is 0 Å². The molecule has 0 unspecified atom stereocenters.